The summed E-state index contributed by atoms with van der Waals surface area (Å²) in [6, 6.07) is 0.722. The Hall–Kier alpha value is -0.0800. The number of rotatable bonds is 7. The van der Waals surface area contributed by atoms with Crippen LogP contribution in [0.5, 0.6) is 0 Å². The zero-order valence-corrected chi connectivity index (χ0v) is 13.9. The molecular formula is C17H36N2. The highest BCUT2D eigenvalue weighted by Gasteiger charge is 2.38. The van der Waals surface area contributed by atoms with Crippen molar-refractivity contribution in [3.8, 4) is 0 Å². The largest absolute Gasteiger partial charge is 0.330 e. The van der Waals surface area contributed by atoms with Crippen molar-refractivity contribution in [2.75, 3.05) is 19.6 Å². The molecule has 0 aromatic heterocycles. The molecular weight excluding hydrogens is 232 g/mol. The minimum absolute atomic E-state index is 0.490. The van der Waals surface area contributed by atoms with Crippen LogP contribution in [0.25, 0.3) is 0 Å². The smallest absolute Gasteiger partial charge is 0.0138 e. The first kappa shape index (κ1) is 17.0. The van der Waals surface area contributed by atoms with E-state index in [1.165, 1.54) is 45.2 Å². The van der Waals surface area contributed by atoms with Crippen LogP contribution in [0.3, 0.4) is 0 Å². The Balaban J connectivity index is 2.78. The molecule has 0 aliphatic heterocycles. The molecule has 0 aromatic carbocycles. The van der Waals surface area contributed by atoms with Crippen LogP contribution in [0.4, 0.5) is 0 Å². The molecule has 0 amide bonds. The maximum atomic E-state index is 6.04. The summed E-state index contributed by atoms with van der Waals surface area (Å²) < 4.78 is 0. The Morgan fingerprint density at radius 2 is 1.84 bits per heavy atom. The predicted molar refractivity (Wildman–Crippen MR) is 85.3 cm³/mol. The zero-order valence-electron chi connectivity index (χ0n) is 13.9. The molecule has 1 aliphatic carbocycles. The minimum atomic E-state index is 0.490. The average Bonchev–Trinajstić information content (AvgIpc) is 2.44. The zero-order chi connectivity index (χ0) is 14.5. The van der Waals surface area contributed by atoms with Crippen LogP contribution in [0.2, 0.25) is 0 Å². The van der Waals surface area contributed by atoms with E-state index in [9.17, 15) is 0 Å². The SMILES string of the molecule is CCCN(CC)C1CC(C(C)(C)CC)CCC1CN. The molecule has 0 spiro atoms. The summed E-state index contributed by atoms with van der Waals surface area (Å²) in [4.78, 5) is 2.69. The first-order valence-corrected chi connectivity index (χ1v) is 8.44. The van der Waals surface area contributed by atoms with E-state index in [4.69, 9.17) is 5.73 Å². The molecule has 114 valence electrons. The van der Waals surface area contributed by atoms with E-state index < -0.39 is 0 Å². The standard InChI is InChI=1S/C17H36N2/c1-6-11-19(8-3)16-12-15(17(4,5)7-2)10-9-14(16)13-18/h14-16H,6-13,18H2,1-5H3. The van der Waals surface area contributed by atoms with Gasteiger partial charge in [-0.3, -0.25) is 0 Å². The second-order valence-corrected chi connectivity index (χ2v) is 7.04. The topological polar surface area (TPSA) is 29.3 Å². The van der Waals surface area contributed by atoms with Crippen LogP contribution in [-0.2, 0) is 0 Å². The van der Waals surface area contributed by atoms with Gasteiger partial charge >= 0.3 is 0 Å². The Labute approximate surface area is 121 Å². The fourth-order valence-corrected chi connectivity index (χ4v) is 3.78. The van der Waals surface area contributed by atoms with Gasteiger partial charge in [-0.2, -0.15) is 0 Å². The Morgan fingerprint density at radius 3 is 2.32 bits per heavy atom. The molecule has 1 rings (SSSR count). The molecule has 2 N–H and O–H groups in total. The lowest BCUT2D eigenvalue weighted by atomic mass is 9.65. The number of nitrogens with two attached hydrogens (primary N) is 1. The van der Waals surface area contributed by atoms with E-state index in [1.54, 1.807) is 0 Å². The Kier molecular flexibility index (Phi) is 6.82. The molecule has 2 heteroatoms. The maximum Gasteiger partial charge on any atom is 0.0138 e. The van der Waals surface area contributed by atoms with Gasteiger partial charge in [0, 0.05) is 6.04 Å². The molecule has 3 atom stereocenters. The van der Waals surface area contributed by atoms with E-state index in [0.29, 0.717) is 5.41 Å². The molecule has 1 fully saturated rings. The predicted octanol–water partition coefficient (Wildman–Crippen LogP) is 3.90. The highest BCUT2D eigenvalue weighted by atomic mass is 15.2. The Morgan fingerprint density at radius 1 is 1.16 bits per heavy atom. The van der Waals surface area contributed by atoms with Crippen LogP contribution >= 0.6 is 0 Å². The molecule has 2 nitrogen and oxygen atoms in total. The fraction of sp³-hybridized carbons (Fsp3) is 1.00. The van der Waals surface area contributed by atoms with Crippen molar-refractivity contribution in [1.82, 2.24) is 4.90 Å². The lowest BCUT2D eigenvalue weighted by Gasteiger charge is -2.46. The molecule has 0 radical (unpaired) electrons. The first-order chi connectivity index (χ1) is 9.00. The third-order valence-corrected chi connectivity index (χ3v) is 5.66. The molecule has 0 bridgehead atoms. The number of hydrogen-bond donors (Lipinski definition) is 1. The molecule has 0 aromatic rings. The van der Waals surface area contributed by atoms with Gasteiger partial charge in [-0.05, 0) is 62.6 Å². The van der Waals surface area contributed by atoms with Crippen molar-refractivity contribution in [3.05, 3.63) is 0 Å². The van der Waals surface area contributed by atoms with Gasteiger partial charge < -0.3 is 10.6 Å². The highest BCUT2D eigenvalue weighted by molar-refractivity contribution is 4.91. The molecule has 0 saturated heterocycles. The van der Waals surface area contributed by atoms with Crippen LogP contribution in [-0.4, -0.2) is 30.6 Å². The number of hydrogen-bond acceptors (Lipinski definition) is 2. The van der Waals surface area contributed by atoms with Gasteiger partial charge in [-0.1, -0.05) is 41.0 Å². The normalized spacial score (nSPS) is 28.9. The van der Waals surface area contributed by atoms with Crippen molar-refractivity contribution in [2.24, 2.45) is 23.0 Å². The summed E-state index contributed by atoms with van der Waals surface area (Å²) in [6.45, 7) is 15.1. The summed E-state index contributed by atoms with van der Waals surface area (Å²) in [6.07, 6.45) is 6.61. The van der Waals surface area contributed by atoms with Crippen LogP contribution in [0.15, 0.2) is 0 Å². The van der Waals surface area contributed by atoms with Crippen LogP contribution in [0, 0.1) is 17.3 Å². The molecule has 0 heterocycles. The second-order valence-electron chi connectivity index (χ2n) is 7.04. The first-order valence-electron chi connectivity index (χ1n) is 8.44. The molecule has 1 aliphatic rings. The second kappa shape index (κ2) is 7.64. The van der Waals surface area contributed by atoms with Gasteiger partial charge in [0.05, 0.1) is 0 Å². The molecule has 3 unspecified atom stereocenters. The van der Waals surface area contributed by atoms with Gasteiger partial charge in [0.1, 0.15) is 0 Å². The van der Waals surface area contributed by atoms with Gasteiger partial charge in [-0.25, -0.2) is 0 Å². The summed E-state index contributed by atoms with van der Waals surface area (Å²) in [5, 5.41) is 0. The van der Waals surface area contributed by atoms with Gasteiger partial charge in [0.25, 0.3) is 0 Å². The van der Waals surface area contributed by atoms with Crippen LogP contribution < -0.4 is 5.73 Å². The van der Waals surface area contributed by atoms with E-state index in [1.807, 2.05) is 0 Å². The summed E-state index contributed by atoms with van der Waals surface area (Å²) in [7, 11) is 0. The lowest BCUT2D eigenvalue weighted by Crippen LogP contribution is -2.49. The van der Waals surface area contributed by atoms with E-state index in [2.05, 4.69) is 39.5 Å². The van der Waals surface area contributed by atoms with Crippen molar-refractivity contribution >= 4 is 0 Å². The quantitative estimate of drug-likeness (QED) is 0.759. The van der Waals surface area contributed by atoms with Crippen molar-refractivity contribution < 1.29 is 0 Å². The van der Waals surface area contributed by atoms with Crippen molar-refractivity contribution in [3.63, 3.8) is 0 Å². The average molecular weight is 268 g/mol. The van der Waals surface area contributed by atoms with E-state index in [0.717, 1.165) is 24.4 Å². The van der Waals surface area contributed by atoms with E-state index in [-0.39, 0.29) is 0 Å². The lowest BCUT2D eigenvalue weighted by molar-refractivity contribution is 0.0400. The monoisotopic (exact) mass is 268 g/mol. The molecule has 1 saturated carbocycles. The van der Waals surface area contributed by atoms with Gasteiger partial charge in [0.2, 0.25) is 0 Å². The summed E-state index contributed by atoms with van der Waals surface area (Å²) >= 11 is 0. The van der Waals surface area contributed by atoms with Gasteiger partial charge in [0.15, 0.2) is 0 Å². The van der Waals surface area contributed by atoms with Crippen molar-refractivity contribution in [2.45, 2.75) is 72.8 Å². The highest BCUT2D eigenvalue weighted by Crippen LogP contribution is 2.43. The minimum Gasteiger partial charge on any atom is -0.330 e. The third kappa shape index (κ3) is 4.19. The van der Waals surface area contributed by atoms with Crippen molar-refractivity contribution in [1.29, 1.82) is 0 Å². The summed E-state index contributed by atoms with van der Waals surface area (Å²) in [5.41, 5.74) is 6.53. The van der Waals surface area contributed by atoms with E-state index >= 15 is 0 Å². The fourth-order valence-electron chi connectivity index (χ4n) is 3.78. The Bertz CT molecular complexity index is 250. The number of nitrogens with zero attached hydrogens (tertiary/aromatic N) is 1. The summed E-state index contributed by atoms with van der Waals surface area (Å²) in [5.74, 6) is 1.59. The molecule has 19 heavy (non-hydrogen) atoms. The van der Waals surface area contributed by atoms with Crippen LogP contribution in [0.1, 0.15) is 66.7 Å². The third-order valence-electron chi connectivity index (χ3n) is 5.66. The maximum absolute atomic E-state index is 6.04. The van der Waals surface area contributed by atoms with Gasteiger partial charge in [-0.15, -0.1) is 0 Å².